The minimum absolute atomic E-state index is 0.578. The second kappa shape index (κ2) is 5.97. The maximum atomic E-state index is 4.96. The van der Waals surface area contributed by atoms with Crippen molar-refractivity contribution in [2.75, 3.05) is 33.2 Å². The zero-order chi connectivity index (χ0) is 14.9. The smallest absolute Gasteiger partial charge is 0.160 e. The summed E-state index contributed by atoms with van der Waals surface area (Å²) >= 11 is 0. The molecule has 1 unspecified atom stereocenters. The number of aromatic nitrogens is 3. The van der Waals surface area contributed by atoms with Crippen molar-refractivity contribution in [1.82, 2.24) is 24.8 Å². The first-order valence-electron chi connectivity index (χ1n) is 8.51. The van der Waals surface area contributed by atoms with Crippen LogP contribution in [0.4, 0.5) is 0 Å². The lowest BCUT2D eigenvalue weighted by Gasteiger charge is -2.24. The van der Waals surface area contributed by atoms with Gasteiger partial charge in [-0.3, -0.25) is 0 Å². The Hall–Kier alpha value is -1.46. The number of pyridine rings is 1. The summed E-state index contributed by atoms with van der Waals surface area (Å²) in [7, 11) is 2.22. The van der Waals surface area contributed by atoms with Crippen LogP contribution in [-0.4, -0.2) is 52.7 Å². The van der Waals surface area contributed by atoms with Crippen LogP contribution in [-0.2, 0) is 6.54 Å². The summed E-state index contributed by atoms with van der Waals surface area (Å²) in [5.74, 6) is 2.57. The topological polar surface area (TPSA) is 46.0 Å². The van der Waals surface area contributed by atoms with Gasteiger partial charge in [-0.05, 0) is 64.0 Å². The van der Waals surface area contributed by atoms with Gasteiger partial charge in [0.05, 0.1) is 0 Å². The molecule has 4 heterocycles. The first kappa shape index (κ1) is 14.2. The molecule has 2 aliphatic heterocycles. The van der Waals surface area contributed by atoms with E-state index in [1.165, 1.54) is 38.2 Å². The van der Waals surface area contributed by atoms with Gasteiger partial charge in [-0.1, -0.05) is 0 Å². The average molecular weight is 299 g/mol. The van der Waals surface area contributed by atoms with Gasteiger partial charge in [0.2, 0.25) is 0 Å². The molecule has 0 radical (unpaired) electrons. The normalized spacial score (nSPS) is 24.3. The van der Waals surface area contributed by atoms with Crippen LogP contribution >= 0.6 is 0 Å². The fourth-order valence-corrected chi connectivity index (χ4v) is 3.98. The molecule has 2 aromatic heterocycles. The summed E-state index contributed by atoms with van der Waals surface area (Å²) < 4.78 is 2.43. The highest BCUT2D eigenvalue weighted by Crippen LogP contribution is 2.29. The van der Waals surface area contributed by atoms with Gasteiger partial charge in [-0.25, -0.2) is 9.97 Å². The molecule has 2 saturated heterocycles. The maximum absolute atomic E-state index is 4.96. The van der Waals surface area contributed by atoms with Gasteiger partial charge in [0.1, 0.15) is 11.3 Å². The molecule has 5 nitrogen and oxygen atoms in total. The minimum Gasteiger partial charge on any atom is -0.317 e. The number of piperidine rings is 1. The maximum Gasteiger partial charge on any atom is 0.160 e. The summed E-state index contributed by atoms with van der Waals surface area (Å²) in [5.41, 5.74) is 2.13. The highest BCUT2D eigenvalue weighted by molar-refractivity contribution is 5.71. The number of hydrogen-bond donors (Lipinski definition) is 1. The van der Waals surface area contributed by atoms with Gasteiger partial charge in [0.25, 0.3) is 0 Å². The van der Waals surface area contributed by atoms with E-state index < -0.39 is 0 Å². The predicted octanol–water partition coefficient (Wildman–Crippen LogP) is 1.85. The molecular weight excluding hydrogens is 274 g/mol. The fraction of sp³-hybridized carbons (Fsp3) is 0.647. The van der Waals surface area contributed by atoms with Crippen LogP contribution in [0.5, 0.6) is 0 Å². The Balaban J connectivity index is 1.69. The molecule has 1 N–H and O–H groups in total. The third-order valence-corrected chi connectivity index (χ3v) is 5.17. The van der Waals surface area contributed by atoms with Gasteiger partial charge < -0.3 is 14.8 Å². The van der Waals surface area contributed by atoms with Crippen molar-refractivity contribution in [1.29, 1.82) is 0 Å². The second-order valence-corrected chi connectivity index (χ2v) is 6.87. The molecule has 0 aromatic carbocycles. The molecule has 5 heteroatoms. The van der Waals surface area contributed by atoms with E-state index in [1.807, 2.05) is 12.3 Å². The Labute approximate surface area is 131 Å². The van der Waals surface area contributed by atoms with E-state index in [1.54, 1.807) is 0 Å². The lowest BCUT2D eigenvalue weighted by molar-refractivity contribution is 0.369. The van der Waals surface area contributed by atoms with Crippen molar-refractivity contribution in [3.63, 3.8) is 0 Å². The Morgan fingerprint density at radius 2 is 2.14 bits per heavy atom. The summed E-state index contributed by atoms with van der Waals surface area (Å²) in [5, 5.41) is 3.46. The number of fused-ring (bicyclic) bond motifs is 1. The largest absolute Gasteiger partial charge is 0.317 e. The lowest BCUT2D eigenvalue weighted by Crippen LogP contribution is -2.28. The monoisotopic (exact) mass is 299 g/mol. The molecule has 118 valence electrons. The first-order valence-corrected chi connectivity index (χ1v) is 8.51. The van der Waals surface area contributed by atoms with E-state index in [0.717, 1.165) is 36.7 Å². The van der Waals surface area contributed by atoms with Gasteiger partial charge >= 0.3 is 0 Å². The molecule has 2 fully saturated rings. The number of hydrogen-bond acceptors (Lipinski definition) is 4. The average Bonchev–Trinajstić information content (AvgIpc) is 3.13. The van der Waals surface area contributed by atoms with Crippen molar-refractivity contribution in [3.8, 4) is 0 Å². The Morgan fingerprint density at radius 1 is 1.27 bits per heavy atom. The Morgan fingerprint density at radius 3 is 2.91 bits per heavy atom. The standard InChI is InChI=1S/C17H25N5/c1-21-10-6-13(11-21)12-22-16(14-4-8-18-9-5-14)20-15-3-2-7-19-17(15)22/h2-3,7,13-14,18H,4-6,8-12H2,1H3. The van der Waals surface area contributed by atoms with Crippen molar-refractivity contribution in [2.24, 2.45) is 5.92 Å². The van der Waals surface area contributed by atoms with Crippen LogP contribution in [0.3, 0.4) is 0 Å². The molecule has 0 amide bonds. The third kappa shape index (κ3) is 2.63. The van der Waals surface area contributed by atoms with Crippen LogP contribution in [0.25, 0.3) is 11.2 Å². The molecule has 2 aromatic rings. The summed E-state index contributed by atoms with van der Waals surface area (Å²) in [6.07, 6.45) is 5.56. The molecule has 0 aliphatic carbocycles. The van der Waals surface area contributed by atoms with Gasteiger partial charge in [0, 0.05) is 25.2 Å². The lowest BCUT2D eigenvalue weighted by atomic mass is 9.97. The highest BCUT2D eigenvalue weighted by Gasteiger charge is 2.26. The zero-order valence-corrected chi connectivity index (χ0v) is 13.3. The van der Waals surface area contributed by atoms with Gasteiger partial charge in [-0.2, -0.15) is 0 Å². The summed E-state index contributed by atoms with van der Waals surface area (Å²) in [6.45, 7) is 5.68. The summed E-state index contributed by atoms with van der Waals surface area (Å²) in [4.78, 5) is 12.0. The number of rotatable bonds is 3. The van der Waals surface area contributed by atoms with Crippen LogP contribution in [0, 0.1) is 5.92 Å². The van der Waals surface area contributed by atoms with E-state index in [-0.39, 0.29) is 0 Å². The van der Waals surface area contributed by atoms with Crippen molar-refractivity contribution in [3.05, 3.63) is 24.2 Å². The molecule has 0 saturated carbocycles. The minimum atomic E-state index is 0.578. The Kier molecular flexibility index (Phi) is 3.84. The zero-order valence-electron chi connectivity index (χ0n) is 13.3. The van der Waals surface area contributed by atoms with Crippen molar-refractivity contribution < 1.29 is 0 Å². The molecule has 2 aliphatic rings. The van der Waals surface area contributed by atoms with E-state index in [4.69, 9.17) is 4.98 Å². The summed E-state index contributed by atoms with van der Waals surface area (Å²) in [6, 6.07) is 4.10. The molecule has 22 heavy (non-hydrogen) atoms. The number of imidazole rings is 1. The van der Waals surface area contributed by atoms with Crippen LogP contribution in [0.1, 0.15) is 31.0 Å². The van der Waals surface area contributed by atoms with Crippen LogP contribution < -0.4 is 5.32 Å². The number of likely N-dealkylation sites (tertiary alicyclic amines) is 1. The molecule has 4 rings (SSSR count). The van der Waals surface area contributed by atoms with Crippen molar-refractivity contribution >= 4 is 11.2 Å². The molecule has 0 spiro atoms. The first-order chi connectivity index (χ1) is 10.8. The number of nitrogens with one attached hydrogen (secondary N) is 1. The van der Waals surface area contributed by atoms with E-state index in [9.17, 15) is 0 Å². The van der Waals surface area contributed by atoms with E-state index in [0.29, 0.717) is 5.92 Å². The molecular formula is C17H25N5. The third-order valence-electron chi connectivity index (χ3n) is 5.17. The number of nitrogens with zero attached hydrogens (tertiary/aromatic N) is 4. The molecule has 0 bridgehead atoms. The van der Waals surface area contributed by atoms with E-state index >= 15 is 0 Å². The Bertz CT molecular complexity index is 644. The fourth-order valence-electron chi connectivity index (χ4n) is 3.98. The molecule has 1 atom stereocenters. The predicted molar refractivity (Wildman–Crippen MR) is 88.0 cm³/mol. The van der Waals surface area contributed by atoms with Gasteiger partial charge in [0.15, 0.2) is 5.65 Å². The quantitative estimate of drug-likeness (QED) is 0.939. The van der Waals surface area contributed by atoms with Crippen molar-refractivity contribution in [2.45, 2.75) is 31.7 Å². The van der Waals surface area contributed by atoms with Gasteiger partial charge in [-0.15, -0.1) is 0 Å². The SMILES string of the molecule is CN1CCC(Cn2c(C3CCNCC3)nc3cccnc32)C1. The van der Waals surface area contributed by atoms with Crippen LogP contribution in [0.2, 0.25) is 0 Å². The van der Waals surface area contributed by atoms with E-state index in [2.05, 4.69) is 32.9 Å². The highest BCUT2D eigenvalue weighted by atomic mass is 15.2. The second-order valence-electron chi connectivity index (χ2n) is 6.87. The van der Waals surface area contributed by atoms with Crippen LogP contribution in [0.15, 0.2) is 18.3 Å².